The molecule has 4 nitrogen and oxygen atoms in total. The molecule has 1 aromatic rings. The molecule has 1 aromatic carbocycles. The molecule has 0 fully saturated rings. The number of aliphatic hydroxyl groups is 1. The maximum absolute atomic E-state index is 11.6. The molecule has 0 bridgehead atoms. The van der Waals surface area contributed by atoms with Gasteiger partial charge in [0.1, 0.15) is 12.7 Å². The van der Waals surface area contributed by atoms with Gasteiger partial charge in [-0.2, -0.15) is 0 Å². The summed E-state index contributed by atoms with van der Waals surface area (Å²) in [6, 6.07) is 5.45. The number of rotatable bonds is 3. The Morgan fingerprint density at radius 1 is 1.56 bits per heavy atom. The third-order valence-electron chi connectivity index (χ3n) is 2.53. The van der Waals surface area contributed by atoms with E-state index in [1.54, 1.807) is 19.1 Å². The summed E-state index contributed by atoms with van der Waals surface area (Å²) >= 11 is 0. The highest BCUT2D eigenvalue weighted by Crippen LogP contribution is 2.14. The van der Waals surface area contributed by atoms with Crippen molar-refractivity contribution in [3.63, 3.8) is 0 Å². The highest BCUT2D eigenvalue weighted by atomic mass is 16.5. The molecule has 1 amide bonds. The lowest BCUT2D eigenvalue weighted by molar-refractivity contribution is -0.124. The van der Waals surface area contributed by atoms with E-state index in [4.69, 9.17) is 9.84 Å². The number of hydrogen-bond donors (Lipinski definition) is 2. The lowest BCUT2D eigenvalue weighted by Gasteiger charge is -2.11. The van der Waals surface area contributed by atoms with Gasteiger partial charge in [-0.1, -0.05) is 17.9 Å². The molecule has 96 valence electrons. The number of benzene rings is 1. The fourth-order valence-electron chi connectivity index (χ4n) is 1.32. The van der Waals surface area contributed by atoms with Gasteiger partial charge in [-0.3, -0.25) is 4.79 Å². The monoisotopic (exact) mass is 247 g/mol. The maximum Gasteiger partial charge on any atom is 0.253 e. The second-order valence-corrected chi connectivity index (χ2v) is 3.86. The van der Waals surface area contributed by atoms with Crippen molar-refractivity contribution in [2.45, 2.75) is 20.0 Å². The van der Waals surface area contributed by atoms with E-state index >= 15 is 0 Å². The SMILES string of the molecule is COC(C)C(=O)Nc1ccc(C)c(C#CCO)c1. The Balaban J connectivity index is 2.88. The fraction of sp³-hybridized carbons (Fsp3) is 0.357. The molecule has 1 atom stereocenters. The number of carbonyl (C=O) groups is 1. The minimum absolute atomic E-state index is 0.184. The van der Waals surface area contributed by atoms with E-state index in [1.807, 2.05) is 13.0 Å². The van der Waals surface area contributed by atoms with Gasteiger partial charge in [0, 0.05) is 18.4 Å². The van der Waals surface area contributed by atoms with Crippen LogP contribution in [-0.4, -0.2) is 30.8 Å². The molecule has 0 radical (unpaired) electrons. The van der Waals surface area contributed by atoms with E-state index in [0.717, 1.165) is 11.1 Å². The Morgan fingerprint density at radius 3 is 2.89 bits per heavy atom. The normalized spacial score (nSPS) is 11.3. The molecule has 1 unspecified atom stereocenters. The molecule has 0 aliphatic heterocycles. The largest absolute Gasteiger partial charge is 0.384 e. The van der Waals surface area contributed by atoms with E-state index < -0.39 is 6.10 Å². The van der Waals surface area contributed by atoms with E-state index in [0.29, 0.717) is 5.69 Å². The average molecular weight is 247 g/mol. The van der Waals surface area contributed by atoms with Crippen LogP contribution >= 0.6 is 0 Å². The predicted octanol–water partition coefficient (Wildman–Crippen LogP) is 1.31. The predicted molar refractivity (Wildman–Crippen MR) is 70.2 cm³/mol. The molecule has 1 rings (SSSR count). The molecule has 18 heavy (non-hydrogen) atoms. The van der Waals surface area contributed by atoms with Crippen molar-refractivity contribution in [2.75, 3.05) is 19.0 Å². The van der Waals surface area contributed by atoms with Gasteiger partial charge in [0.15, 0.2) is 0 Å². The Labute approximate surface area is 107 Å². The molecule has 0 aliphatic carbocycles. The Morgan fingerprint density at radius 2 is 2.28 bits per heavy atom. The minimum Gasteiger partial charge on any atom is -0.384 e. The van der Waals surface area contributed by atoms with Gasteiger partial charge in [0.2, 0.25) is 0 Å². The van der Waals surface area contributed by atoms with Gasteiger partial charge < -0.3 is 15.2 Å². The summed E-state index contributed by atoms with van der Waals surface area (Å²) < 4.78 is 4.93. The van der Waals surface area contributed by atoms with Gasteiger partial charge in [-0.25, -0.2) is 0 Å². The number of methoxy groups -OCH3 is 1. The highest BCUT2D eigenvalue weighted by Gasteiger charge is 2.11. The second-order valence-electron chi connectivity index (χ2n) is 3.86. The lowest BCUT2D eigenvalue weighted by atomic mass is 10.1. The lowest BCUT2D eigenvalue weighted by Crippen LogP contribution is -2.26. The van der Waals surface area contributed by atoms with Crippen LogP contribution in [0, 0.1) is 18.8 Å². The molecule has 0 spiro atoms. The number of ether oxygens (including phenoxy) is 1. The molecular weight excluding hydrogens is 230 g/mol. The maximum atomic E-state index is 11.6. The van der Waals surface area contributed by atoms with Crippen LogP contribution in [0.3, 0.4) is 0 Å². The Hall–Kier alpha value is -1.83. The minimum atomic E-state index is -0.502. The van der Waals surface area contributed by atoms with Crippen molar-refractivity contribution in [3.8, 4) is 11.8 Å². The van der Waals surface area contributed by atoms with Crippen molar-refractivity contribution >= 4 is 11.6 Å². The van der Waals surface area contributed by atoms with E-state index in [-0.39, 0.29) is 12.5 Å². The Bertz CT molecular complexity index is 486. The summed E-state index contributed by atoms with van der Waals surface area (Å²) in [5.41, 5.74) is 2.44. The van der Waals surface area contributed by atoms with Crippen molar-refractivity contribution in [2.24, 2.45) is 0 Å². The number of amides is 1. The third-order valence-corrected chi connectivity index (χ3v) is 2.53. The van der Waals surface area contributed by atoms with Crippen molar-refractivity contribution in [1.29, 1.82) is 0 Å². The first-order valence-corrected chi connectivity index (χ1v) is 5.62. The van der Waals surface area contributed by atoms with E-state index in [2.05, 4.69) is 17.2 Å². The summed E-state index contributed by atoms with van der Waals surface area (Å²) in [5.74, 6) is 5.22. The first kappa shape index (κ1) is 14.2. The number of aliphatic hydroxyl groups excluding tert-OH is 1. The van der Waals surface area contributed by atoms with Crippen LogP contribution in [0.4, 0.5) is 5.69 Å². The van der Waals surface area contributed by atoms with Crippen LogP contribution in [0.5, 0.6) is 0 Å². The third kappa shape index (κ3) is 3.88. The van der Waals surface area contributed by atoms with Crippen LogP contribution in [0.2, 0.25) is 0 Å². The Kier molecular flexibility index (Phi) is 5.37. The molecule has 0 aromatic heterocycles. The van der Waals surface area contributed by atoms with Crippen molar-refractivity contribution < 1.29 is 14.6 Å². The highest BCUT2D eigenvalue weighted by molar-refractivity contribution is 5.94. The molecule has 0 saturated heterocycles. The summed E-state index contributed by atoms with van der Waals surface area (Å²) in [4.78, 5) is 11.6. The van der Waals surface area contributed by atoms with Crippen molar-refractivity contribution in [1.82, 2.24) is 0 Å². The molecule has 4 heteroatoms. The zero-order valence-electron chi connectivity index (χ0n) is 10.8. The number of carbonyl (C=O) groups excluding carboxylic acids is 1. The average Bonchev–Trinajstić information content (AvgIpc) is 2.38. The number of anilines is 1. The van der Waals surface area contributed by atoms with E-state index in [9.17, 15) is 4.79 Å². The van der Waals surface area contributed by atoms with Crippen molar-refractivity contribution in [3.05, 3.63) is 29.3 Å². The molecule has 0 saturated carbocycles. The number of aryl methyl sites for hydroxylation is 1. The summed E-state index contributed by atoms with van der Waals surface area (Å²) in [6.45, 7) is 3.41. The van der Waals surface area contributed by atoms with Crippen LogP contribution < -0.4 is 5.32 Å². The number of nitrogens with one attached hydrogen (secondary N) is 1. The van der Waals surface area contributed by atoms with Gasteiger partial charge in [0.05, 0.1) is 0 Å². The summed E-state index contributed by atoms with van der Waals surface area (Å²) in [5, 5.41) is 11.4. The first-order chi connectivity index (χ1) is 8.58. The van der Waals surface area contributed by atoms with Crippen LogP contribution in [0.1, 0.15) is 18.1 Å². The summed E-state index contributed by atoms with van der Waals surface area (Å²) in [6.07, 6.45) is -0.502. The first-order valence-electron chi connectivity index (χ1n) is 5.62. The van der Waals surface area contributed by atoms with E-state index in [1.165, 1.54) is 7.11 Å². The molecule has 0 aliphatic rings. The molecule has 2 N–H and O–H groups in total. The standard InChI is InChI=1S/C14H17NO3/c1-10-6-7-13(9-12(10)5-4-8-16)15-14(17)11(2)18-3/h6-7,9,11,16H,8H2,1-3H3,(H,15,17). The van der Waals surface area contributed by atoms with Gasteiger partial charge >= 0.3 is 0 Å². The van der Waals surface area contributed by atoms with Crippen LogP contribution in [0.25, 0.3) is 0 Å². The topological polar surface area (TPSA) is 58.6 Å². The zero-order chi connectivity index (χ0) is 13.5. The second kappa shape index (κ2) is 6.80. The van der Waals surface area contributed by atoms with Gasteiger partial charge in [-0.05, 0) is 31.5 Å². The van der Waals surface area contributed by atoms with Crippen LogP contribution in [-0.2, 0) is 9.53 Å². The molecular formula is C14H17NO3. The quantitative estimate of drug-likeness (QED) is 0.792. The summed E-state index contributed by atoms with van der Waals surface area (Å²) in [7, 11) is 1.48. The van der Waals surface area contributed by atoms with Gasteiger partial charge in [0.25, 0.3) is 5.91 Å². The fourth-order valence-corrected chi connectivity index (χ4v) is 1.32. The molecule has 0 heterocycles. The smallest absolute Gasteiger partial charge is 0.253 e. The number of hydrogen-bond acceptors (Lipinski definition) is 3. The van der Waals surface area contributed by atoms with Gasteiger partial charge in [-0.15, -0.1) is 0 Å². The van der Waals surface area contributed by atoms with Crippen LogP contribution in [0.15, 0.2) is 18.2 Å². The zero-order valence-corrected chi connectivity index (χ0v) is 10.8.